The lowest BCUT2D eigenvalue weighted by Gasteiger charge is -2.38. The van der Waals surface area contributed by atoms with Crippen molar-refractivity contribution in [3.63, 3.8) is 0 Å². The maximum absolute atomic E-state index is 11.8. The van der Waals surface area contributed by atoms with Gasteiger partial charge in [-0.3, -0.25) is 0 Å². The zero-order valence-electron chi connectivity index (χ0n) is 18.1. The molecule has 0 aliphatic carbocycles. The number of fused-ring (bicyclic) bond motifs is 4. The smallest absolute Gasteiger partial charge is 0.319 e. The third-order valence-corrected chi connectivity index (χ3v) is 6.41. The number of rotatable bonds is 4. The molecular formula is C23H30N6O2. The van der Waals surface area contributed by atoms with Crippen LogP contribution in [-0.4, -0.2) is 54.4 Å². The van der Waals surface area contributed by atoms with E-state index in [1.165, 1.54) is 17.7 Å². The van der Waals surface area contributed by atoms with Crippen molar-refractivity contribution in [3.05, 3.63) is 35.5 Å². The summed E-state index contributed by atoms with van der Waals surface area (Å²) in [6.45, 7) is 6.96. The molecule has 31 heavy (non-hydrogen) atoms. The minimum absolute atomic E-state index is 0.202. The van der Waals surface area contributed by atoms with Crippen molar-refractivity contribution in [1.82, 2.24) is 20.6 Å². The number of carbonyl (C=O) groups excluding carboxylic acids is 1. The van der Waals surface area contributed by atoms with Crippen molar-refractivity contribution in [3.8, 4) is 11.4 Å². The van der Waals surface area contributed by atoms with Gasteiger partial charge in [-0.1, -0.05) is 0 Å². The fourth-order valence-corrected chi connectivity index (χ4v) is 4.88. The van der Waals surface area contributed by atoms with E-state index in [0.717, 1.165) is 55.5 Å². The minimum Gasteiger partial charge on any atom is -0.377 e. The van der Waals surface area contributed by atoms with E-state index in [4.69, 9.17) is 14.7 Å². The fourth-order valence-electron chi connectivity index (χ4n) is 4.88. The number of aromatic nitrogens is 2. The number of carbonyl (C=O) groups is 1. The Kier molecular flexibility index (Phi) is 5.50. The van der Waals surface area contributed by atoms with Crippen molar-refractivity contribution >= 4 is 17.5 Å². The number of anilines is 2. The molecule has 3 aliphatic rings. The Morgan fingerprint density at radius 1 is 1.26 bits per heavy atom. The van der Waals surface area contributed by atoms with E-state index in [0.29, 0.717) is 18.6 Å². The number of hydrogen-bond acceptors (Lipinski definition) is 6. The first-order valence-corrected chi connectivity index (χ1v) is 11.3. The van der Waals surface area contributed by atoms with Crippen LogP contribution in [0.15, 0.2) is 24.3 Å². The van der Waals surface area contributed by atoms with Crippen LogP contribution in [0.3, 0.4) is 0 Å². The molecule has 2 amide bonds. The van der Waals surface area contributed by atoms with E-state index in [2.05, 4.69) is 27.8 Å². The molecule has 8 heteroatoms. The second-order valence-electron chi connectivity index (χ2n) is 8.61. The van der Waals surface area contributed by atoms with Gasteiger partial charge in [0.05, 0.1) is 24.9 Å². The fraction of sp³-hybridized carbons (Fsp3) is 0.522. The zero-order chi connectivity index (χ0) is 21.4. The highest BCUT2D eigenvalue weighted by atomic mass is 16.5. The number of nitrogens with zero attached hydrogens (tertiary/aromatic N) is 3. The predicted octanol–water partition coefficient (Wildman–Crippen LogP) is 2.86. The first-order valence-electron chi connectivity index (χ1n) is 11.3. The topological polar surface area (TPSA) is 91.4 Å². The van der Waals surface area contributed by atoms with Crippen molar-refractivity contribution in [2.75, 3.05) is 36.5 Å². The van der Waals surface area contributed by atoms with Crippen LogP contribution in [-0.2, 0) is 11.2 Å². The molecule has 2 saturated heterocycles. The maximum Gasteiger partial charge on any atom is 0.319 e. The summed E-state index contributed by atoms with van der Waals surface area (Å²) in [4.78, 5) is 24.3. The number of amides is 2. The lowest BCUT2D eigenvalue weighted by Crippen LogP contribution is -2.46. The first-order chi connectivity index (χ1) is 15.1. The van der Waals surface area contributed by atoms with Gasteiger partial charge in [0.2, 0.25) is 0 Å². The molecule has 3 unspecified atom stereocenters. The highest BCUT2D eigenvalue weighted by Gasteiger charge is 2.38. The molecular weight excluding hydrogens is 392 g/mol. The molecule has 3 aliphatic heterocycles. The molecule has 4 heterocycles. The van der Waals surface area contributed by atoms with Gasteiger partial charge < -0.3 is 25.6 Å². The molecule has 164 valence electrons. The SMILES string of the molecule is CCNC(=O)Nc1ccc(-c2nc3c(c(N4CCOCC4C)n2)C2CCC(C3)N2)cc1. The Hall–Kier alpha value is -2.71. The average Bonchev–Trinajstić information content (AvgIpc) is 3.15. The summed E-state index contributed by atoms with van der Waals surface area (Å²) in [6, 6.07) is 8.69. The van der Waals surface area contributed by atoms with Crippen LogP contribution in [0.5, 0.6) is 0 Å². The molecule has 2 bridgehead atoms. The standard InChI is InChI=1S/C23H30N6O2/c1-3-24-23(30)26-16-6-4-15(5-7-16)21-27-19-12-17-8-9-18(25-17)20(19)22(28-21)29-10-11-31-13-14(29)2/h4-7,14,17-18,25H,3,8-13H2,1-2H3,(H2,24,26,30). The van der Waals surface area contributed by atoms with E-state index in [9.17, 15) is 4.79 Å². The summed E-state index contributed by atoms with van der Waals surface area (Å²) >= 11 is 0. The van der Waals surface area contributed by atoms with Gasteiger partial charge in [-0.15, -0.1) is 0 Å². The Balaban J connectivity index is 1.50. The van der Waals surface area contributed by atoms with Gasteiger partial charge in [-0.05, 0) is 51.0 Å². The molecule has 0 radical (unpaired) electrons. The zero-order valence-corrected chi connectivity index (χ0v) is 18.1. The quantitative estimate of drug-likeness (QED) is 0.702. The van der Waals surface area contributed by atoms with Crippen LogP contribution in [0.1, 0.15) is 44.0 Å². The summed E-state index contributed by atoms with van der Waals surface area (Å²) in [5.41, 5.74) is 4.16. The van der Waals surface area contributed by atoms with Crippen LogP contribution in [0.4, 0.5) is 16.3 Å². The molecule has 8 nitrogen and oxygen atoms in total. The van der Waals surface area contributed by atoms with Gasteiger partial charge in [0.1, 0.15) is 5.82 Å². The van der Waals surface area contributed by atoms with Gasteiger partial charge in [0.25, 0.3) is 0 Å². The summed E-state index contributed by atoms with van der Waals surface area (Å²) in [5.74, 6) is 1.80. The number of ether oxygens (including phenoxy) is 1. The molecule has 0 spiro atoms. The van der Waals surface area contributed by atoms with Crippen LogP contribution in [0, 0.1) is 0 Å². The second-order valence-corrected chi connectivity index (χ2v) is 8.61. The van der Waals surface area contributed by atoms with Crippen molar-refractivity contribution in [2.45, 2.75) is 51.2 Å². The number of morpholine rings is 1. The molecule has 2 fully saturated rings. The normalized spacial score (nSPS) is 24.6. The second kappa shape index (κ2) is 8.43. The van der Waals surface area contributed by atoms with E-state index in [1.807, 2.05) is 31.2 Å². The largest absolute Gasteiger partial charge is 0.377 e. The molecule has 1 aromatic heterocycles. The predicted molar refractivity (Wildman–Crippen MR) is 120 cm³/mol. The van der Waals surface area contributed by atoms with Crippen LogP contribution >= 0.6 is 0 Å². The third kappa shape index (κ3) is 3.97. The third-order valence-electron chi connectivity index (χ3n) is 6.41. The number of hydrogen-bond donors (Lipinski definition) is 3. The molecule has 3 atom stereocenters. The average molecular weight is 423 g/mol. The minimum atomic E-state index is -0.202. The summed E-state index contributed by atoms with van der Waals surface area (Å²) in [5, 5.41) is 9.33. The number of benzene rings is 1. The number of nitrogens with one attached hydrogen (secondary N) is 3. The summed E-state index contributed by atoms with van der Waals surface area (Å²) in [7, 11) is 0. The molecule has 5 rings (SSSR count). The highest BCUT2D eigenvalue weighted by molar-refractivity contribution is 5.89. The van der Waals surface area contributed by atoms with Crippen molar-refractivity contribution < 1.29 is 9.53 Å². The first kappa shape index (κ1) is 20.2. The van der Waals surface area contributed by atoms with Gasteiger partial charge in [-0.2, -0.15) is 0 Å². The van der Waals surface area contributed by atoms with Gasteiger partial charge in [0, 0.05) is 48.4 Å². The van der Waals surface area contributed by atoms with E-state index in [-0.39, 0.29) is 12.1 Å². The summed E-state index contributed by atoms with van der Waals surface area (Å²) < 4.78 is 5.68. The molecule has 3 N–H and O–H groups in total. The number of urea groups is 1. The summed E-state index contributed by atoms with van der Waals surface area (Å²) in [6.07, 6.45) is 3.28. The van der Waals surface area contributed by atoms with E-state index in [1.54, 1.807) is 0 Å². The monoisotopic (exact) mass is 422 g/mol. The van der Waals surface area contributed by atoms with E-state index >= 15 is 0 Å². The molecule has 2 aromatic rings. The Morgan fingerprint density at radius 3 is 2.87 bits per heavy atom. The molecule has 0 saturated carbocycles. The Labute approximate surface area is 182 Å². The van der Waals surface area contributed by atoms with Crippen LogP contribution < -0.4 is 20.9 Å². The van der Waals surface area contributed by atoms with Crippen LogP contribution in [0.2, 0.25) is 0 Å². The van der Waals surface area contributed by atoms with Crippen molar-refractivity contribution in [2.24, 2.45) is 0 Å². The molecule has 1 aromatic carbocycles. The van der Waals surface area contributed by atoms with Gasteiger partial charge in [0.15, 0.2) is 5.82 Å². The van der Waals surface area contributed by atoms with Gasteiger partial charge >= 0.3 is 6.03 Å². The van der Waals surface area contributed by atoms with Crippen molar-refractivity contribution in [1.29, 1.82) is 0 Å². The van der Waals surface area contributed by atoms with E-state index < -0.39 is 0 Å². The lowest BCUT2D eigenvalue weighted by molar-refractivity contribution is 0.0983. The Morgan fingerprint density at radius 2 is 2.10 bits per heavy atom. The highest BCUT2D eigenvalue weighted by Crippen LogP contribution is 2.41. The maximum atomic E-state index is 11.8. The van der Waals surface area contributed by atoms with Crippen LogP contribution in [0.25, 0.3) is 11.4 Å². The lowest BCUT2D eigenvalue weighted by atomic mass is 9.99. The Bertz CT molecular complexity index is 963. The van der Waals surface area contributed by atoms with Gasteiger partial charge in [-0.25, -0.2) is 14.8 Å².